The molecule has 0 aliphatic carbocycles. The number of nitriles is 1. The summed E-state index contributed by atoms with van der Waals surface area (Å²) < 4.78 is 35.9. The van der Waals surface area contributed by atoms with Crippen LogP contribution >= 0.6 is 0 Å². The van der Waals surface area contributed by atoms with E-state index in [1.165, 1.54) is 12.1 Å². The first-order valence-electron chi connectivity index (χ1n) is 6.43. The zero-order chi connectivity index (χ0) is 15.2. The van der Waals surface area contributed by atoms with Crippen molar-refractivity contribution in [2.75, 3.05) is 17.3 Å². The molecule has 0 aliphatic rings. The molecule has 1 unspecified atom stereocenters. The lowest BCUT2D eigenvalue weighted by Gasteiger charge is -2.06. The summed E-state index contributed by atoms with van der Waals surface area (Å²) in [5, 5.41) is 8.77. The minimum absolute atomic E-state index is 0.123. The first kappa shape index (κ1) is 16.9. The lowest BCUT2D eigenvalue weighted by Crippen LogP contribution is -2.16. The van der Waals surface area contributed by atoms with Crippen LogP contribution in [-0.2, 0) is 20.6 Å². The van der Waals surface area contributed by atoms with E-state index < -0.39 is 20.6 Å². The fourth-order valence-electron chi connectivity index (χ4n) is 1.55. The summed E-state index contributed by atoms with van der Waals surface area (Å²) >= 11 is 0. The minimum atomic E-state index is -3.47. The molecule has 0 radical (unpaired) electrons. The number of hydrogen-bond donors (Lipinski definition) is 0. The van der Waals surface area contributed by atoms with Crippen LogP contribution in [0.5, 0.6) is 0 Å². The van der Waals surface area contributed by atoms with E-state index in [1.54, 1.807) is 12.1 Å². The van der Waals surface area contributed by atoms with Gasteiger partial charge in [0, 0.05) is 22.3 Å². The van der Waals surface area contributed by atoms with Crippen molar-refractivity contribution in [2.45, 2.75) is 25.2 Å². The number of benzene rings is 1. The van der Waals surface area contributed by atoms with Crippen molar-refractivity contribution >= 4 is 20.6 Å². The Morgan fingerprint density at radius 2 is 2.00 bits per heavy atom. The normalized spacial score (nSPS) is 13.1. The number of hydrogen-bond acceptors (Lipinski definition) is 4. The first-order chi connectivity index (χ1) is 9.35. The van der Waals surface area contributed by atoms with Gasteiger partial charge in [-0.3, -0.25) is 4.21 Å². The molecular formula is C14H19NO3S2. The monoisotopic (exact) mass is 313 g/mol. The molecule has 0 fully saturated rings. The maximum Gasteiger partial charge on any atom is 0.179 e. The van der Waals surface area contributed by atoms with Gasteiger partial charge in [0.05, 0.1) is 22.3 Å². The Kier molecular flexibility index (Phi) is 6.37. The third-order valence-electron chi connectivity index (χ3n) is 2.82. The van der Waals surface area contributed by atoms with E-state index in [1.807, 2.05) is 19.9 Å². The summed E-state index contributed by atoms with van der Waals surface area (Å²) in [6, 6.07) is 7.83. The van der Waals surface area contributed by atoms with Gasteiger partial charge < -0.3 is 0 Å². The van der Waals surface area contributed by atoms with Crippen LogP contribution in [0.3, 0.4) is 0 Å². The summed E-state index contributed by atoms with van der Waals surface area (Å²) in [6.45, 7) is 4.09. The van der Waals surface area contributed by atoms with Crippen LogP contribution in [-0.4, -0.2) is 29.9 Å². The molecule has 0 aliphatic heterocycles. The van der Waals surface area contributed by atoms with Crippen LogP contribution in [0.1, 0.15) is 25.8 Å². The van der Waals surface area contributed by atoms with Crippen molar-refractivity contribution in [2.24, 2.45) is 5.92 Å². The molecule has 0 spiro atoms. The summed E-state index contributed by atoms with van der Waals surface area (Å²) in [5.41, 5.74) is 0.312. The van der Waals surface area contributed by atoms with Crippen LogP contribution in [0, 0.1) is 17.2 Å². The minimum Gasteiger partial charge on any atom is -0.260 e. The van der Waals surface area contributed by atoms with Gasteiger partial charge in [-0.15, -0.1) is 0 Å². The van der Waals surface area contributed by atoms with E-state index in [4.69, 9.17) is 5.26 Å². The van der Waals surface area contributed by atoms with Gasteiger partial charge in [0.1, 0.15) is 0 Å². The van der Waals surface area contributed by atoms with Crippen molar-refractivity contribution in [1.82, 2.24) is 0 Å². The van der Waals surface area contributed by atoms with Crippen molar-refractivity contribution < 1.29 is 12.6 Å². The summed E-state index contributed by atoms with van der Waals surface area (Å²) in [4.78, 5) is 0.123. The van der Waals surface area contributed by atoms with Gasteiger partial charge in [-0.1, -0.05) is 19.9 Å². The highest BCUT2D eigenvalue weighted by Gasteiger charge is 2.16. The fraction of sp³-hybridized carbons (Fsp3) is 0.500. The third-order valence-corrected chi connectivity index (χ3v) is 6.15. The average molecular weight is 313 g/mol. The van der Waals surface area contributed by atoms with E-state index in [2.05, 4.69) is 0 Å². The van der Waals surface area contributed by atoms with Gasteiger partial charge in [0.25, 0.3) is 0 Å². The lowest BCUT2D eigenvalue weighted by atomic mass is 10.2. The predicted molar refractivity (Wildman–Crippen MR) is 80.5 cm³/mol. The number of nitrogens with zero attached hydrogens (tertiary/aromatic N) is 1. The smallest absolute Gasteiger partial charge is 0.179 e. The second-order valence-electron chi connectivity index (χ2n) is 4.99. The van der Waals surface area contributed by atoms with E-state index >= 15 is 0 Å². The molecule has 0 saturated carbocycles. The Morgan fingerprint density at radius 1 is 1.30 bits per heavy atom. The molecule has 20 heavy (non-hydrogen) atoms. The van der Waals surface area contributed by atoms with Gasteiger partial charge in [-0.05, 0) is 30.5 Å². The van der Waals surface area contributed by atoms with Crippen LogP contribution in [0.25, 0.3) is 0 Å². The zero-order valence-corrected chi connectivity index (χ0v) is 13.3. The molecule has 0 bridgehead atoms. The lowest BCUT2D eigenvalue weighted by molar-refractivity contribution is 0.596. The van der Waals surface area contributed by atoms with Gasteiger partial charge >= 0.3 is 0 Å². The highest BCUT2D eigenvalue weighted by atomic mass is 32.2. The Morgan fingerprint density at radius 3 is 2.60 bits per heavy atom. The standard InChI is InChI=1S/C14H19NO3S2/c1-12(2)6-7-19(16)8-9-20(17,18)14-5-3-4-13(10-14)11-15/h3-5,10,12H,6-9H2,1-2H3. The molecule has 4 nitrogen and oxygen atoms in total. The molecule has 110 valence electrons. The highest BCUT2D eigenvalue weighted by molar-refractivity contribution is 7.93. The molecule has 0 aromatic heterocycles. The van der Waals surface area contributed by atoms with Crippen LogP contribution in [0.2, 0.25) is 0 Å². The molecule has 1 atom stereocenters. The van der Waals surface area contributed by atoms with Crippen LogP contribution in [0.15, 0.2) is 29.2 Å². The maximum absolute atomic E-state index is 12.1. The van der Waals surface area contributed by atoms with Gasteiger partial charge in [0.15, 0.2) is 9.84 Å². The first-order valence-corrected chi connectivity index (χ1v) is 9.57. The van der Waals surface area contributed by atoms with E-state index in [0.717, 1.165) is 6.42 Å². The topological polar surface area (TPSA) is 75.0 Å². The second-order valence-corrected chi connectivity index (χ2v) is 8.79. The summed E-state index contributed by atoms with van der Waals surface area (Å²) in [5.74, 6) is 0.993. The molecular weight excluding hydrogens is 294 g/mol. The van der Waals surface area contributed by atoms with Crippen molar-refractivity contribution in [3.05, 3.63) is 29.8 Å². The van der Waals surface area contributed by atoms with Crippen LogP contribution in [0.4, 0.5) is 0 Å². The van der Waals surface area contributed by atoms with Gasteiger partial charge in [0.2, 0.25) is 0 Å². The molecule has 1 aromatic rings. The molecule has 1 rings (SSSR count). The molecule has 6 heteroatoms. The Labute approximate surface area is 123 Å². The molecule has 0 heterocycles. The van der Waals surface area contributed by atoms with E-state index in [9.17, 15) is 12.6 Å². The Balaban J connectivity index is 2.66. The van der Waals surface area contributed by atoms with Crippen molar-refractivity contribution in [1.29, 1.82) is 5.26 Å². The van der Waals surface area contributed by atoms with E-state index in [0.29, 0.717) is 17.2 Å². The maximum atomic E-state index is 12.1. The van der Waals surface area contributed by atoms with Gasteiger partial charge in [-0.25, -0.2) is 8.42 Å². The van der Waals surface area contributed by atoms with Gasteiger partial charge in [-0.2, -0.15) is 5.26 Å². The van der Waals surface area contributed by atoms with E-state index in [-0.39, 0.29) is 16.4 Å². The Bertz CT molecular complexity index is 616. The summed E-state index contributed by atoms with van der Waals surface area (Å²) in [6.07, 6.45) is 0.830. The quantitative estimate of drug-likeness (QED) is 0.773. The molecule has 0 N–H and O–H groups in total. The number of rotatable bonds is 7. The summed E-state index contributed by atoms with van der Waals surface area (Å²) in [7, 11) is -4.58. The fourth-order valence-corrected chi connectivity index (χ4v) is 4.94. The average Bonchev–Trinajstić information content (AvgIpc) is 2.43. The molecule has 0 amide bonds. The van der Waals surface area contributed by atoms with Crippen molar-refractivity contribution in [3.63, 3.8) is 0 Å². The zero-order valence-electron chi connectivity index (χ0n) is 11.7. The Hall–Kier alpha value is -1.19. The second kappa shape index (κ2) is 7.55. The number of sulfone groups is 1. The highest BCUT2D eigenvalue weighted by Crippen LogP contribution is 2.13. The van der Waals surface area contributed by atoms with Crippen LogP contribution < -0.4 is 0 Å². The predicted octanol–water partition coefficient (Wildman–Crippen LogP) is 2.13. The largest absolute Gasteiger partial charge is 0.260 e. The van der Waals surface area contributed by atoms with Crippen molar-refractivity contribution in [3.8, 4) is 6.07 Å². The molecule has 1 aromatic carbocycles. The SMILES string of the molecule is CC(C)CCS(=O)CCS(=O)(=O)c1cccc(C#N)c1. The molecule has 0 saturated heterocycles. The third kappa shape index (κ3) is 5.43.